The fraction of sp³-hybridized carbons (Fsp3) is 0.214. The third kappa shape index (κ3) is 7.46. The largest absolute Gasteiger partial charge is 0.480 e. The van der Waals surface area contributed by atoms with Crippen molar-refractivity contribution in [1.82, 2.24) is 16.0 Å². The number of carbonyl (C=O) groups excluding carboxylic acids is 3. The van der Waals surface area contributed by atoms with Crippen LogP contribution in [-0.4, -0.2) is 41.5 Å². The lowest BCUT2D eigenvalue weighted by Crippen LogP contribution is -2.50. The van der Waals surface area contributed by atoms with Gasteiger partial charge < -0.3 is 26.4 Å². The second-order valence-corrected chi connectivity index (χ2v) is 10.5. The SMILES string of the molecule is O=C(Cc1ccc(F)c(Cl)c1)Nc1ccc(Cl)c(C(=O)N[C@@H](CNC(=O)N[C@@H]2CCc3ccccc32)C(=O)O)c1Cl. The fourth-order valence-electron chi connectivity index (χ4n) is 4.43. The molecule has 13 heteroatoms. The van der Waals surface area contributed by atoms with E-state index < -0.39 is 42.2 Å². The molecular weight excluding hydrogens is 598 g/mol. The van der Waals surface area contributed by atoms with E-state index in [4.69, 9.17) is 34.8 Å². The third-order valence-corrected chi connectivity index (χ3v) is 7.45. The number of aryl methyl sites for hydroxylation is 1. The molecular formula is C28H24Cl3FN4O5. The predicted octanol–water partition coefficient (Wildman–Crippen LogP) is 5.14. The third-order valence-electron chi connectivity index (χ3n) is 6.45. The molecule has 0 fully saturated rings. The zero-order chi connectivity index (χ0) is 29.7. The van der Waals surface area contributed by atoms with Gasteiger partial charge in [0.25, 0.3) is 5.91 Å². The quantitative estimate of drug-likeness (QED) is 0.226. The van der Waals surface area contributed by atoms with Gasteiger partial charge in [0, 0.05) is 0 Å². The number of aliphatic carboxylic acids is 1. The number of fused-ring (bicyclic) bond motifs is 1. The molecule has 4 amide bonds. The molecule has 4 rings (SSSR count). The van der Waals surface area contributed by atoms with Crippen LogP contribution in [0.25, 0.3) is 0 Å². The Balaban J connectivity index is 1.38. The van der Waals surface area contributed by atoms with Gasteiger partial charge in [-0.15, -0.1) is 0 Å². The van der Waals surface area contributed by atoms with Gasteiger partial charge in [-0.1, -0.05) is 65.1 Å². The maximum absolute atomic E-state index is 13.4. The number of nitrogens with one attached hydrogen (secondary N) is 4. The van der Waals surface area contributed by atoms with E-state index in [0.717, 1.165) is 23.6 Å². The zero-order valence-electron chi connectivity index (χ0n) is 21.3. The summed E-state index contributed by atoms with van der Waals surface area (Å²) >= 11 is 18.3. The van der Waals surface area contributed by atoms with Crippen molar-refractivity contribution in [1.29, 1.82) is 0 Å². The van der Waals surface area contributed by atoms with Crippen LogP contribution in [0.3, 0.4) is 0 Å². The van der Waals surface area contributed by atoms with Crippen LogP contribution in [0.5, 0.6) is 0 Å². The van der Waals surface area contributed by atoms with Gasteiger partial charge >= 0.3 is 12.0 Å². The number of rotatable bonds is 9. The van der Waals surface area contributed by atoms with Crippen LogP contribution in [0.4, 0.5) is 14.9 Å². The van der Waals surface area contributed by atoms with E-state index in [9.17, 15) is 28.7 Å². The summed E-state index contributed by atoms with van der Waals surface area (Å²) in [5, 5.41) is 19.3. The van der Waals surface area contributed by atoms with Crippen molar-refractivity contribution >= 4 is 64.3 Å². The Hall–Kier alpha value is -3.86. The molecule has 0 heterocycles. The van der Waals surface area contributed by atoms with E-state index in [1.54, 1.807) is 0 Å². The highest BCUT2D eigenvalue weighted by Gasteiger charge is 2.27. The normalized spacial score (nSPS) is 14.5. The van der Waals surface area contributed by atoms with E-state index in [2.05, 4.69) is 21.3 Å². The zero-order valence-corrected chi connectivity index (χ0v) is 23.5. The molecule has 9 nitrogen and oxygen atoms in total. The summed E-state index contributed by atoms with van der Waals surface area (Å²) in [5.74, 6) is -3.49. The van der Waals surface area contributed by atoms with Gasteiger partial charge in [0.2, 0.25) is 5.91 Å². The van der Waals surface area contributed by atoms with E-state index in [1.807, 2.05) is 24.3 Å². The van der Waals surface area contributed by atoms with Crippen molar-refractivity contribution < 1.29 is 28.7 Å². The van der Waals surface area contributed by atoms with Gasteiger partial charge in [-0.05, 0) is 53.8 Å². The second kappa shape index (κ2) is 13.2. The number of urea groups is 1. The van der Waals surface area contributed by atoms with Crippen LogP contribution in [0.15, 0.2) is 54.6 Å². The predicted molar refractivity (Wildman–Crippen MR) is 153 cm³/mol. The van der Waals surface area contributed by atoms with Gasteiger partial charge in [0.05, 0.1) is 45.3 Å². The van der Waals surface area contributed by atoms with Crippen LogP contribution in [0.1, 0.15) is 39.5 Å². The summed E-state index contributed by atoms with van der Waals surface area (Å²) in [6.07, 6.45) is 1.37. The number of benzene rings is 3. The monoisotopic (exact) mass is 620 g/mol. The van der Waals surface area contributed by atoms with Gasteiger partial charge in [0.15, 0.2) is 0 Å². The van der Waals surface area contributed by atoms with Gasteiger partial charge in [-0.2, -0.15) is 0 Å². The standard InChI is InChI=1S/C28H24Cl3FN4O5/c29-17-7-10-21(34-23(37)12-14-5-8-19(32)18(30)11-14)25(31)24(17)26(38)35-22(27(39)40)13-33-28(41)36-20-9-6-15-3-1-2-4-16(15)20/h1-5,7-8,10-11,20,22H,6,9,12-13H2,(H,34,37)(H,35,38)(H,39,40)(H2,33,36,41)/t20-,22+/m1/s1. The molecule has 1 aliphatic carbocycles. The van der Waals surface area contributed by atoms with Crippen LogP contribution < -0.4 is 21.3 Å². The molecule has 5 N–H and O–H groups in total. The molecule has 0 aliphatic heterocycles. The summed E-state index contributed by atoms with van der Waals surface area (Å²) in [7, 11) is 0. The molecule has 41 heavy (non-hydrogen) atoms. The molecule has 3 aromatic rings. The van der Waals surface area contributed by atoms with E-state index in [1.165, 1.54) is 24.3 Å². The molecule has 0 aromatic heterocycles. The number of carboxylic acid groups (broad SMARTS) is 1. The lowest BCUT2D eigenvalue weighted by Gasteiger charge is -2.19. The summed E-state index contributed by atoms with van der Waals surface area (Å²) < 4.78 is 13.4. The Kier molecular flexibility index (Phi) is 9.69. The lowest BCUT2D eigenvalue weighted by atomic mass is 10.1. The minimum absolute atomic E-state index is 0.0423. The van der Waals surface area contributed by atoms with E-state index in [0.29, 0.717) is 12.0 Å². The Morgan fingerprint density at radius 3 is 2.49 bits per heavy atom. The smallest absolute Gasteiger partial charge is 0.328 e. The number of hydrogen-bond donors (Lipinski definition) is 5. The minimum Gasteiger partial charge on any atom is -0.480 e. The first-order valence-corrected chi connectivity index (χ1v) is 13.5. The van der Waals surface area contributed by atoms with E-state index >= 15 is 0 Å². The number of halogens is 4. The molecule has 2 atom stereocenters. The number of carboxylic acids is 1. The molecule has 0 bridgehead atoms. The molecule has 0 saturated heterocycles. The summed E-state index contributed by atoms with van der Waals surface area (Å²) in [4.78, 5) is 49.9. The maximum Gasteiger partial charge on any atom is 0.328 e. The van der Waals surface area contributed by atoms with Crippen LogP contribution in [0, 0.1) is 5.82 Å². The molecule has 0 radical (unpaired) electrons. The van der Waals surface area contributed by atoms with Crippen LogP contribution in [-0.2, 0) is 22.4 Å². The maximum atomic E-state index is 13.4. The van der Waals surface area contributed by atoms with E-state index in [-0.39, 0.29) is 38.8 Å². The summed E-state index contributed by atoms with van der Waals surface area (Å²) in [6, 6.07) is 11.9. The minimum atomic E-state index is -1.52. The highest BCUT2D eigenvalue weighted by atomic mass is 35.5. The fourth-order valence-corrected chi connectivity index (χ4v) is 5.22. The lowest BCUT2D eigenvalue weighted by molar-refractivity contribution is -0.139. The average Bonchev–Trinajstić information content (AvgIpc) is 3.32. The molecule has 0 spiro atoms. The molecule has 214 valence electrons. The van der Waals surface area contributed by atoms with Gasteiger partial charge in [-0.25, -0.2) is 14.0 Å². The molecule has 1 aliphatic rings. The Morgan fingerprint density at radius 1 is 1.00 bits per heavy atom. The van der Waals surface area contributed by atoms with Gasteiger partial charge in [0.1, 0.15) is 11.9 Å². The average molecular weight is 622 g/mol. The first-order valence-electron chi connectivity index (χ1n) is 12.4. The topological polar surface area (TPSA) is 137 Å². The van der Waals surface area contributed by atoms with Crippen LogP contribution in [0.2, 0.25) is 15.1 Å². The number of carbonyl (C=O) groups is 4. The number of hydrogen-bond acceptors (Lipinski definition) is 4. The van der Waals surface area contributed by atoms with Crippen molar-refractivity contribution in [2.24, 2.45) is 0 Å². The Morgan fingerprint density at radius 2 is 1.76 bits per heavy atom. The number of amides is 4. The van der Waals surface area contributed by atoms with Crippen LogP contribution >= 0.6 is 34.8 Å². The first kappa shape index (κ1) is 30.1. The van der Waals surface area contributed by atoms with Crippen molar-refractivity contribution in [3.63, 3.8) is 0 Å². The summed E-state index contributed by atoms with van der Waals surface area (Å²) in [5.41, 5.74) is 2.36. The Bertz CT molecular complexity index is 1520. The van der Waals surface area contributed by atoms with Crippen molar-refractivity contribution in [2.75, 3.05) is 11.9 Å². The first-order chi connectivity index (χ1) is 19.5. The molecule has 0 saturated carbocycles. The van der Waals surface area contributed by atoms with Gasteiger partial charge in [-0.3, -0.25) is 9.59 Å². The Labute approximate surface area is 249 Å². The highest BCUT2D eigenvalue weighted by molar-refractivity contribution is 6.41. The number of anilines is 1. The van der Waals surface area contributed by atoms with Crippen molar-refractivity contribution in [2.45, 2.75) is 31.3 Å². The summed E-state index contributed by atoms with van der Waals surface area (Å²) in [6.45, 7) is -0.423. The van der Waals surface area contributed by atoms with Crippen molar-refractivity contribution in [3.05, 3.63) is 97.7 Å². The molecule has 0 unspecified atom stereocenters. The second-order valence-electron chi connectivity index (χ2n) is 9.27. The highest BCUT2D eigenvalue weighted by Crippen LogP contribution is 2.32. The molecule has 3 aromatic carbocycles. The van der Waals surface area contributed by atoms with Crippen molar-refractivity contribution in [3.8, 4) is 0 Å².